The van der Waals surface area contributed by atoms with Crippen molar-refractivity contribution >= 4 is 28.3 Å². The fourth-order valence-corrected chi connectivity index (χ4v) is 3.86. The van der Waals surface area contributed by atoms with Crippen LogP contribution in [0.25, 0.3) is 28.0 Å². The number of benzene rings is 2. The van der Waals surface area contributed by atoms with E-state index in [2.05, 4.69) is 20.3 Å². The van der Waals surface area contributed by atoms with Crippen LogP contribution >= 0.6 is 0 Å². The Balaban J connectivity index is 1.46. The molecular weight excluding hydrogens is 469 g/mol. The number of carbonyl (C=O) groups excluding carboxylic acids is 1. The van der Waals surface area contributed by atoms with Gasteiger partial charge in [-0.25, -0.2) is 9.97 Å². The maximum absolute atomic E-state index is 12.8. The van der Waals surface area contributed by atoms with Crippen LogP contribution in [0.1, 0.15) is 21.5 Å². The van der Waals surface area contributed by atoms with Gasteiger partial charge >= 0.3 is 6.18 Å². The van der Waals surface area contributed by atoms with Crippen LogP contribution in [0.2, 0.25) is 0 Å². The third-order valence-corrected chi connectivity index (χ3v) is 5.74. The number of fused-ring (bicyclic) bond motifs is 1. The molecule has 0 saturated carbocycles. The standard InChI is InChI=1S/C26H19F3N6O/c1-15-2-7-19(34-25(36)16-3-5-18(6-4-16)26(27,28)29)10-20(15)21-11-22-17(13-31-21)8-9-35(22)24-12-23(30)32-14-33-24/h2-14H,1H3,(H,34,36)(H2,30,32,33). The third-order valence-electron chi connectivity index (χ3n) is 5.74. The van der Waals surface area contributed by atoms with Gasteiger partial charge in [-0.15, -0.1) is 0 Å². The molecule has 0 aliphatic carbocycles. The van der Waals surface area contributed by atoms with Crippen molar-refractivity contribution in [2.75, 3.05) is 11.1 Å². The monoisotopic (exact) mass is 488 g/mol. The number of nitrogens with one attached hydrogen (secondary N) is 1. The molecule has 7 nitrogen and oxygen atoms in total. The van der Waals surface area contributed by atoms with Gasteiger partial charge in [0.25, 0.3) is 5.91 Å². The molecule has 0 unspecified atom stereocenters. The number of nitrogens with zero attached hydrogens (tertiary/aromatic N) is 4. The van der Waals surface area contributed by atoms with Crippen molar-refractivity contribution in [3.63, 3.8) is 0 Å². The van der Waals surface area contributed by atoms with E-state index in [9.17, 15) is 18.0 Å². The maximum Gasteiger partial charge on any atom is 0.416 e. The Kier molecular flexibility index (Phi) is 5.63. The SMILES string of the molecule is Cc1ccc(NC(=O)c2ccc(C(F)(F)F)cc2)cc1-c1cc2c(ccn2-c2cc(N)ncn2)cn1. The van der Waals surface area contributed by atoms with Crippen LogP contribution in [-0.4, -0.2) is 25.4 Å². The fourth-order valence-electron chi connectivity index (χ4n) is 3.86. The van der Waals surface area contributed by atoms with Gasteiger partial charge in [-0.05, 0) is 61.0 Å². The quantitative estimate of drug-likeness (QED) is 0.341. The molecule has 0 aliphatic heterocycles. The first-order valence-corrected chi connectivity index (χ1v) is 10.8. The summed E-state index contributed by atoms with van der Waals surface area (Å²) in [6, 6.07) is 14.9. The molecule has 0 radical (unpaired) electrons. The van der Waals surface area contributed by atoms with Gasteiger partial charge in [0.2, 0.25) is 0 Å². The van der Waals surface area contributed by atoms with Gasteiger partial charge in [0.15, 0.2) is 0 Å². The van der Waals surface area contributed by atoms with Crippen LogP contribution in [0.5, 0.6) is 0 Å². The number of halogens is 3. The number of nitrogen functional groups attached to an aromatic ring is 1. The number of hydrogen-bond donors (Lipinski definition) is 2. The number of aryl methyl sites for hydroxylation is 1. The van der Waals surface area contributed by atoms with E-state index in [0.717, 1.165) is 46.3 Å². The molecular formula is C26H19F3N6O. The Labute approximate surface area is 203 Å². The molecule has 3 N–H and O–H groups in total. The van der Waals surface area contributed by atoms with Crippen molar-refractivity contribution in [1.82, 2.24) is 19.5 Å². The summed E-state index contributed by atoms with van der Waals surface area (Å²) in [7, 11) is 0. The van der Waals surface area contributed by atoms with E-state index < -0.39 is 17.6 Å². The summed E-state index contributed by atoms with van der Waals surface area (Å²) in [6.07, 6.45) is 0.546. The third kappa shape index (κ3) is 4.48. The normalized spacial score (nSPS) is 11.6. The molecule has 5 rings (SSSR count). The molecule has 0 saturated heterocycles. The lowest BCUT2D eigenvalue weighted by Crippen LogP contribution is -2.13. The molecule has 0 fully saturated rings. The summed E-state index contributed by atoms with van der Waals surface area (Å²) in [5.41, 5.74) is 8.86. The average molecular weight is 488 g/mol. The predicted octanol–water partition coefficient (Wildman–Crippen LogP) is 5.64. The van der Waals surface area contributed by atoms with Crippen LogP contribution in [0.15, 0.2) is 79.4 Å². The molecule has 5 aromatic rings. The lowest BCUT2D eigenvalue weighted by atomic mass is 10.0. The van der Waals surface area contributed by atoms with Gasteiger partial charge in [-0.2, -0.15) is 13.2 Å². The topological polar surface area (TPSA) is 98.7 Å². The minimum absolute atomic E-state index is 0.117. The molecule has 180 valence electrons. The average Bonchev–Trinajstić information content (AvgIpc) is 3.28. The number of rotatable bonds is 4. The number of amides is 1. The Morgan fingerprint density at radius 3 is 2.47 bits per heavy atom. The van der Waals surface area contributed by atoms with Gasteiger partial charge in [-0.3, -0.25) is 9.78 Å². The van der Waals surface area contributed by atoms with Gasteiger partial charge in [0.05, 0.1) is 16.8 Å². The predicted molar refractivity (Wildman–Crippen MR) is 131 cm³/mol. The van der Waals surface area contributed by atoms with Crippen molar-refractivity contribution in [3.8, 4) is 17.1 Å². The summed E-state index contributed by atoms with van der Waals surface area (Å²) in [4.78, 5) is 25.4. The molecule has 0 aliphatic rings. The second kappa shape index (κ2) is 8.81. The highest BCUT2D eigenvalue weighted by atomic mass is 19.4. The Hall–Kier alpha value is -4.73. The van der Waals surface area contributed by atoms with Crippen molar-refractivity contribution in [2.45, 2.75) is 13.1 Å². The summed E-state index contributed by atoms with van der Waals surface area (Å²) >= 11 is 0. The van der Waals surface area contributed by atoms with Gasteiger partial charge in [0.1, 0.15) is 18.0 Å². The number of carbonyl (C=O) groups is 1. The minimum atomic E-state index is -4.46. The molecule has 1 amide bonds. The first-order valence-electron chi connectivity index (χ1n) is 10.8. The second-order valence-corrected chi connectivity index (χ2v) is 8.17. The van der Waals surface area contributed by atoms with E-state index >= 15 is 0 Å². The summed E-state index contributed by atoms with van der Waals surface area (Å²) in [5.74, 6) is 0.449. The van der Waals surface area contributed by atoms with E-state index in [1.54, 1.807) is 24.4 Å². The molecule has 36 heavy (non-hydrogen) atoms. The Morgan fingerprint density at radius 1 is 0.972 bits per heavy atom. The van der Waals surface area contributed by atoms with Crippen molar-refractivity contribution in [2.24, 2.45) is 0 Å². The van der Waals surface area contributed by atoms with E-state index in [1.807, 2.05) is 35.9 Å². The molecule has 3 heterocycles. The van der Waals surface area contributed by atoms with Crippen LogP contribution in [0, 0.1) is 6.92 Å². The Bertz CT molecular complexity index is 1590. The van der Waals surface area contributed by atoms with E-state index in [4.69, 9.17) is 5.73 Å². The number of pyridine rings is 1. The van der Waals surface area contributed by atoms with Gasteiger partial charge in [0, 0.05) is 40.7 Å². The lowest BCUT2D eigenvalue weighted by molar-refractivity contribution is -0.137. The van der Waals surface area contributed by atoms with Crippen LogP contribution in [0.3, 0.4) is 0 Å². The highest BCUT2D eigenvalue weighted by molar-refractivity contribution is 6.04. The van der Waals surface area contributed by atoms with E-state index in [0.29, 0.717) is 23.0 Å². The molecule has 10 heteroatoms. The minimum Gasteiger partial charge on any atom is -0.384 e. The fraction of sp³-hybridized carbons (Fsp3) is 0.0769. The number of hydrogen-bond acceptors (Lipinski definition) is 5. The zero-order valence-electron chi connectivity index (χ0n) is 18.9. The smallest absolute Gasteiger partial charge is 0.384 e. The highest BCUT2D eigenvalue weighted by Crippen LogP contribution is 2.31. The van der Waals surface area contributed by atoms with Crippen LogP contribution in [-0.2, 0) is 6.18 Å². The van der Waals surface area contributed by atoms with Gasteiger partial charge in [-0.1, -0.05) is 6.07 Å². The zero-order chi connectivity index (χ0) is 25.4. The maximum atomic E-state index is 12.8. The number of anilines is 2. The summed E-state index contributed by atoms with van der Waals surface area (Å²) in [6.45, 7) is 1.92. The lowest BCUT2D eigenvalue weighted by Gasteiger charge is -2.12. The zero-order valence-corrected chi connectivity index (χ0v) is 18.9. The van der Waals surface area contributed by atoms with E-state index in [-0.39, 0.29) is 5.56 Å². The molecule has 2 aromatic carbocycles. The number of aromatic nitrogens is 4. The second-order valence-electron chi connectivity index (χ2n) is 8.17. The molecule has 0 bridgehead atoms. The number of alkyl halides is 3. The highest BCUT2D eigenvalue weighted by Gasteiger charge is 2.30. The molecule has 3 aromatic heterocycles. The van der Waals surface area contributed by atoms with E-state index in [1.165, 1.54) is 6.33 Å². The summed E-state index contributed by atoms with van der Waals surface area (Å²) in [5, 5.41) is 3.65. The van der Waals surface area contributed by atoms with Gasteiger partial charge < -0.3 is 15.6 Å². The van der Waals surface area contributed by atoms with Crippen molar-refractivity contribution < 1.29 is 18.0 Å². The Morgan fingerprint density at radius 2 is 1.75 bits per heavy atom. The summed E-state index contributed by atoms with van der Waals surface area (Å²) < 4.78 is 40.3. The first-order chi connectivity index (χ1) is 17.2. The van der Waals surface area contributed by atoms with Crippen LogP contribution < -0.4 is 11.1 Å². The van der Waals surface area contributed by atoms with Crippen LogP contribution in [0.4, 0.5) is 24.7 Å². The van der Waals surface area contributed by atoms with Crippen molar-refractivity contribution in [3.05, 3.63) is 96.1 Å². The number of nitrogens with two attached hydrogens (primary N) is 1. The molecule has 0 atom stereocenters. The largest absolute Gasteiger partial charge is 0.416 e. The first kappa shape index (κ1) is 23.0. The molecule has 0 spiro atoms. The van der Waals surface area contributed by atoms with Crippen molar-refractivity contribution in [1.29, 1.82) is 0 Å².